The second-order valence-corrected chi connectivity index (χ2v) is 7.93. The first-order valence-corrected chi connectivity index (χ1v) is 10.7. The van der Waals surface area contributed by atoms with Gasteiger partial charge in [0.25, 0.3) is 0 Å². The molecule has 0 spiro atoms. The van der Waals surface area contributed by atoms with Crippen LogP contribution in [-0.4, -0.2) is 70.1 Å². The highest BCUT2D eigenvalue weighted by molar-refractivity contribution is 5.68. The summed E-state index contributed by atoms with van der Waals surface area (Å²) in [6.07, 6.45) is -4.50. The van der Waals surface area contributed by atoms with Gasteiger partial charge in [0, 0.05) is 33.3 Å². The van der Waals surface area contributed by atoms with Crippen molar-refractivity contribution in [1.29, 1.82) is 0 Å². The lowest BCUT2D eigenvalue weighted by Crippen LogP contribution is -2.59. The Morgan fingerprint density at radius 2 is 1.46 bits per heavy atom. The fraction of sp³-hybridized carbons (Fsp3) is 0.455. The Morgan fingerprint density at radius 3 is 2.00 bits per heavy atom. The van der Waals surface area contributed by atoms with E-state index in [2.05, 4.69) is 10.3 Å². The third-order valence-corrected chi connectivity index (χ3v) is 5.05. The number of ether oxygens (including phenoxy) is 5. The normalized spacial score (nSPS) is 23.2. The number of nitrogens with zero attached hydrogens (tertiary/aromatic N) is 3. The molecule has 1 fully saturated rings. The van der Waals surface area contributed by atoms with Crippen molar-refractivity contribution in [3.05, 3.63) is 35.8 Å². The molecule has 2 unspecified atom stereocenters. The predicted octanol–water partition coefficient (Wildman–Crippen LogP) is 1.62. The summed E-state index contributed by atoms with van der Waals surface area (Å²) in [4.78, 5) is 47.0. The van der Waals surface area contributed by atoms with Gasteiger partial charge in [0.15, 0.2) is 29.7 Å². The van der Waals surface area contributed by atoms with E-state index in [1.807, 2.05) is 0 Å². The molecular weight excluding hydrogens is 507 g/mol. The number of esters is 4. The van der Waals surface area contributed by atoms with Crippen molar-refractivity contribution in [2.75, 3.05) is 6.61 Å². The second-order valence-electron chi connectivity index (χ2n) is 7.93. The maximum absolute atomic E-state index is 13.8. The first-order valence-electron chi connectivity index (χ1n) is 10.7. The Balaban J connectivity index is 2.12. The average molecular weight is 529 g/mol. The van der Waals surface area contributed by atoms with Crippen molar-refractivity contribution in [1.82, 2.24) is 15.0 Å². The molecule has 12 nitrogen and oxygen atoms in total. The van der Waals surface area contributed by atoms with E-state index >= 15 is 0 Å². The predicted molar refractivity (Wildman–Crippen MR) is 113 cm³/mol. The fourth-order valence-electron chi connectivity index (χ4n) is 3.70. The molecule has 200 valence electrons. The highest BCUT2D eigenvalue weighted by Gasteiger charge is 2.53. The first kappa shape index (κ1) is 27.6. The Hall–Kier alpha value is -4.01. The van der Waals surface area contributed by atoms with E-state index in [4.69, 9.17) is 23.7 Å². The zero-order valence-electron chi connectivity index (χ0n) is 20.0. The minimum atomic E-state index is -1.68. The van der Waals surface area contributed by atoms with Gasteiger partial charge in [-0.25, -0.2) is 17.9 Å². The number of aromatic nitrogens is 3. The van der Waals surface area contributed by atoms with Gasteiger partial charge in [-0.05, 0) is 12.1 Å². The second kappa shape index (κ2) is 11.4. The molecule has 0 aliphatic carbocycles. The Bertz CT molecular complexity index is 1180. The van der Waals surface area contributed by atoms with Gasteiger partial charge in [0.05, 0.1) is 6.20 Å². The molecule has 0 radical (unpaired) electrons. The van der Waals surface area contributed by atoms with Gasteiger partial charge in [-0.1, -0.05) is 5.21 Å². The van der Waals surface area contributed by atoms with Crippen molar-refractivity contribution in [3.63, 3.8) is 0 Å². The van der Waals surface area contributed by atoms with Crippen LogP contribution in [0.3, 0.4) is 0 Å². The lowest BCUT2D eigenvalue weighted by molar-refractivity contribution is -0.285. The number of rotatable bonds is 7. The number of hydrogen-bond donors (Lipinski definition) is 0. The van der Waals surface area contributed by atoms with Crippen LogP contribution >= 0.6 is 0 Å². The van der Waals surface area contributed by atoms with Crippen LogP contribution in [0.1, 0.15) is 33.7 Å². The molecule has 37 heavy (non-hydrogen) atoms. The summed E-state index contributed by atoms with van der Waals surface area (Å²) in [5, 5.41) is 7.73. The summed E-state index contributed by atoms with van der Waals surface area (Å²) >= 11 is 0. The lowest BCUT2D eigenvalue weighted by atomic mass is 9.95. The molecule has 0 N–H and O–H groups in total. The minimum absolute atomic E-state index is 0.131. The first-order chi connectivity index (χ1) is 17.4. The molecule has 1 aliphatic heterocycles. The summed E-state index contributed by atoms with van der Waals surface area (Å²) in [6, 6.07) is 0.0761. The molecule has 1 saturated heterocycles. The van der Waals surface area contributed by atoms with E-state index in [0.717, 1.165) is 38.6 Å². The monoisotopic (exact) mass is 529 g/mol. The molecule has 3 rings (SSSR count). The number of hydrogen-bond acceptors (Lipinski definition) is 11. The van der Waals surface area contributed by atoms with Crippen LogP contribution < -0.4 is 0 Å². The number of benzene rings is 1. The van der Waals surface area contributed by atoms with Crippen molar-refractivity contribution in [2.24, 2.45) is 0 Å². The Kier molecular flexibility index (Phi) is 8.47. The third kappa shape index (κ3) is 6.61. The van der Waals surface area contributed by atoms with Gasteiger partial charge in [0.2, 0.25) is 6.29 Å². The lowest BCUT2D eigenvalue weighted by Gasteiger charge is -2.44. The van der Waals surface area contributed by atoms with Gasteiger partial charge < -0.3 is 23.7 Å². The molecule has 0 saturated carbocycles. The largest absolute Gasteiger partial charge is 0.463 e. The quantitative estimate of drug-likeness (QED) is 0.293. The Morgan fingerprint density at radius 1 is 0.892 bits per heavy atom. The van der Waals surface area contributed by atoms with Crippen molar-refractivity contribution >= 4 is 23.9 Å². The van der Waals surface area contributed by atoms with Crippen molar-refractivity contribution in [2.45, 2.75) is 58.3 Å². The molecule has 15 heteroatoms. The maximum Gasteiger partial charge on any atom is 0.305 e. The van der Waals surface area contributed by atoms with Crippen LogP contribution in [0.25, 0.3) is 11.3 Å². The minimum Gasteiger partial charge on any atom is -0.463 e. The molecule has 2 heterocycles. The molecule has 5 atom stereocenters. The van der Waals surface area contributed by atoms with Gasteiger partial charge >= 0.3 is 23.9 Å². The van der Waals surface area contributed by atoms with Gasteiger partial charge in [-0.15, -0.1) is 5.10 Å². The number of carbonyl (C=O) groups excluding carboxylic acids is 4. The fourth-order valence-corrected chi connectivity index (χ4v) is 3.70. The zero-order chi connectivity index (χ0) is 27.4. The van der Waals surface area contributed by atoms with E-state index in [9.17, 15) is 32.3 Å². The summed E-state index contributed by atoms with van der Waals surface area (Å²) in [5.74, 6) is -7.78. The highest BCUT2D eigenvalue weighted by atomic mass is 19.2. The molecule has 1 aliphatic rings. The van der Waals surface area contributed by atoms with Crippen molar-refractivity contribution < 1.29 is 56.0 Å². The summed E-state index contributed by atoms with van der Waals surface area (Å²) in [6.45, 7) is 3.86. The van der Waals surface area contributed by atoms with Crippen LogP contribution in [0.15, 0.2) is 18.3 Å². The van der Waals surface area contributed by atoms with Gasteiger partial charge in [0.1, 0.15) is 24.4 Å². The topological polar surface area (TPSA) is 145 Å². The van der Waals surface area contributed by atoms with E-state index in [-0.39, 0.29) is 11.3 Å². The molecule has 1 aromatic carbocycles. The average Bonchev–Trinajstić information content (AvgIpc) is 3.26. The standard InChI is InChI=1S/C22H22F3N3O9/c1-9(29)33-8-17-20(34-10(2)30)19(21(35-11(3)31)22(37-17)36-12(4)32)28-7-16(26-27-28)13-5-14(23)18(25)15(24)6-13/h5-7,17,19-22H,8H2,1-4H3/t17?,19-,20-,21?,22+/m0/s1. The van der Waals surface area contributed by atoms with Crippen LogP contribution in [-0.2, 0) is 42.9 Å². The van der Waals surface area contributed by atoms with Crippen LogP contribution in [0.2, 0.25) is 0 Å². The number of carbonyl (C=O) groups is 4. The SMILES string of the molecule is CC(=O)OCC1O[C@@H](OC(C)=O)C(OC(C)=O)[C@@H](n2cc(-c3cc(F)c(F)c(F)c3)nn2)[C@H]1OC(C)=O. The van der Waals surface area contributed by atoms with E-state index in [0.29, 0.717) is 12.1 Å². The van der Waals surface area contributed by atoms with E-state index in [1.165, 1.54) is 0 Å². The number of halogens is 3. The summed E-state index contributed by atoms with van der Waals surface area (Å²) < 4.78 is 68.6. The smallest absolute Gasteiger partial charge is 0.305 e. The Labute approximate surface area is 207 Å². The molecule has 0 bridgehead atoms. The van der Waals surface area contributed by atoms with Crippen molar-refractivity contribution in [3.8, 4) is 11.3 Å². The van der Waals surface area contributed by atoms with Crippen LogP contribution in [0, 0.1) is 17.5 Å². The highest BCUT2D eigenvalue weighted by Crippen LogP contribution is 2.36. The van der Waals surface area contributed by atoms with Crippen LogP contribution in [0.4, 0.5) is 13.2 Å². The summed E-state index contributed by atoms with van der Waals surface area (Å²) in [5.41, 5.74) is -0.316. The van der Waals surface area contributed by atoms with E-state index < -0.39 is 78.6 Å². The van der Waals surface area contributed by atoms with Gasteiger partial charge in [-0.2, -0.15) is 0 Å². The molecule has 2 aromatic rings. The maximum atomic E-state index is 13.8. The molecule has 0 amide bonds. The van der Waals surface area contributed by atoms with Gasteiger partial charge in [-0.3, -0.25) is 19.2 Å². The summed E-state index contributed by atoms with van der Waals surface area (Å²) in [7, 11) is 0. The van der Waals surface area contributed by atoms with Crippen LogP contribution in [0.5, 0.6) is 0 Å². The zero-order valence-corrected chi connectivity index (χ0v) is 20.0. The molecule has 1 aromatic heterocycles. The molecular formula is C22H22F3N3O9. The third-order valence-electron chi connectivity index (χ3n) is 5.05. The van der Waals surface area contributed by atoms with E-state index in [1.54, 1.807) is 0 Å².